The Morgan fingerprint density at radius 3 is 2.50 bits per heavy atom. The monoisotopic (exact) mass is 324 g/mol. The predicted molar refractivity (Wildman–Crippen MR) is 64.9 cm³/mol. The zero-order valence-corrected chi connectivity index (χ0v) is 11.0. The molecular weight excluding hydrogens is 320 g/mol. The van der Waals surface area contributed by atoms with E-state index in [1.807, 2.05) is 0 Å². The van der Waals surface area contributed by atoms with Crippen LogP contribution in [0.15, 0.2) is 18.3 Å². The molecule has 0 spiro atoms. The van der Waals surface area contributed by atoms with Gasteiger partial charge in [-0.25, -0.2) is 9.67 Å². The van der Waals surface area contributed by atoms with Crippen molar-refractivity contribution in [2.75, 3.05) is 0 Å². The molecule has 0 atom stereocenters. The summed E-state index contributed by atoms with van der Waals surface area (Å²) >= 11 is 11.4. The lowest BCUT2D eigenvalue weighted by Gasteiger charge is -2.12. The molecule has 2 aromatic heterocycles. The number of hydrogen-bond donors (Lipinski definition) is 1. The Balaban J connectivity index is 2.75. The average molecular weight is 325 g/mol. The number of amides is 1. The lowest BCUT2D eigenvalue weighted by molar-refractivity contribution is -0.143. The SMILES string of the molecule is NC(=O)c1cnn(-c2nc(Cl)ccc2Cl)c1C(F)(F)F. The standard InChI is InChI=1S/C10H5Cl2F3N4O/c11-5-1-2-6(12)18-9(5)19-7(10(13,14)15)4(3-17-19)8(16)20/h1-3H,(H2,16,20). The molecule has 106 valence electrons. The van der Waals surface area contributed by atoms with E-state index in [0.717, 1.165) is 0 Å². The van der Waals surface area contributed by atoms with Crippen LogP contribution in [0, 0.1) is 0 Å². The molecule has 0 bridgehead atoms. The van der Waals surface area contributed by atoms with Gasteiger partial charge in [-0.05, 0) is 12.1 Å². The summed E-state index contributed by atoms with van der Waals surface area (Å²) in [6, 6.07) is 2.57. The Hall–Kier alpha value is -1.80. The van der Waals surface area contributed by atoms with E-state index in [2.05, 4.69) is 10.1 Å². The van der Waals surface area contributed by atoms with Crippen molar-refractivity contribution < 1.29 is 18.0 Å². The van der Waals surface area contributed by atoms with Gasteiger partial charge in [-0.15, -0.1) is 0 Å². The summed E-state index contributed by atoms with van der Waals surface area (Å²) in [6.45, 7) is 0. The maximum absolute atomic E-state index is 13.0. The molecule has 1 amide bonds. The molecular formula is C10H5Cl2F3N4O. The van der Waals surface area contributed by atoms with Gasteiger partial charge in [0.1, 0.15) is 5.15 Å². The number of halogens is 5. The van der Waals surface area contributed by atoms with Crippen LogP contribution in [-0.2, 0) is 6.18 Å². The van der Waals surface area contributed by atoms with E-state index >= 15 is 0 Å². The number of primary amides is 1. The average Bonchev–Trinajstić information content (AvgIpc) is 2.76. The summed E-state index contributed by atoms with van der Waals surface area (Å²) in [5, 5.41) is 3.28. The molecule has 0 saturated carbocycles. The minimum atomic E-state index is -4.87. The van der Waals surface area contributed by atoms with Crippen molar-refractivity contribution in [2.45, 2.75) is 6.18 Å². The fourth-order valence-electron chi connectivity index (χ4n) is 1.52. The molecule has 0 radical (unpaired) electrons. The molecule has 2 heterocycles. The first kappa shape index (κ1) is 14.6. The van der Waals surface area contributed by atoms with Crippen LogP contribution in [0.25, 0.3) is 5.82 Å². The zero-order chi connectivity index (χ0) is 15.1. The highest BCUT2D eigenvalue weighted by atomic mass is 35.5. The van der Waals surface area contributed by atoms with Crippen molar-refractivity contribution in [3.8, 4) is 5.82 Å². The van der Waals surface area contributed by atoms with Crippen LogP contribution >= 0.6 is 23.2 Å². The van der Waals surface area contributed by atoms with Gasteiger partial charge in [-0.2, -0.15) is 18.3 Å². The third-order valence-electron chi connectivity index (χ3n) is 2.30. The second-order valence-corrected chi connectivity index (χ2v) is 4.41. The van der Waals surface area contributed by atoms with Crippen LogP contribution in [0.3, 0.4) is 0 Å². The molecule has 2 aromatic rings. The summed E-state index contributed by atoms with van der Waals surface area (Å²) in [7, 11) is 0. The number of rotatable bonds is 2. The van der Waals surface area contributed by atoms with Gasteiger partial charge in [-0.3, -0.25) is 4.79 Å². The quantitative estimate of drug-likeness (QED) is 0.863. The maximum Gasteiger partial charge on any atom is 0.434 e. The normalized spacial score (nSPS) is 11.7. The minimum Gasteiger partial charge on any atom is -0.365 e. The smallest absolute Gasteiger partial charge is 0.365 e. The Bertz CT molecular complexity index is 684. The molecule has 2 N–H and O–H groups in total. The van der Waals surface area contributed by atoms with Crippen molar-refractivity contribution in [3.63, 3.8) is 0 Å². The molecule has 0 aliphatic carbocycles. The third kappa shape index (κ3) is 2.56. The summed E-state index contributed by atoms with van der Waals surface area (Å²) < 4.78 is 39.5. The van der Waals surface area contributed by atoms with Crippen LogP contribution < -0.4 is 5.73 Å². The topological polar surface area (TPSA) is 73.8 Å². The van der Waals surface area contributed by atoms with Crippen molar-refractivity contribution >= 4 is 29.1 Å². The molecule has 0 unspecified atom stereocenters. The Kier molecular flexibility index (Phi) is 3.61. The first-order valence-electron chi connectivity index (χ1n) is 4.99. The summed E-state index contributed by atoms with van der Waals surface area (Å²) in [4.78, 5) is 14.7. The molecule has 10 heteroatoms. The lowest BCUT2D eigenvalue weighted by atomic mass is 10.2. The van der Waals surface area contributed by atoms with Gasteiger partial charge >= 0.3 is 6.18 Å². The number of hydrogen-bond acceptors (Lipinski definition) is 3. The van der Waals surface area contributed by atoms with E-state index in [1.165, 1.54) is 12.1 Å². The highest BCUT2D eigenvalue weighted by Gasteiger charge is 2.40. The second-order valence-electron chi connectivity index (χ2n) is 3.62. The highest BCUT2D eigenvalue weighted by molar-refractivity contribution is 6.33. The lowest BCUT2D eigenvalue weighted by Crippen LogP contribution is -2.21. The van der Waals surface area contributed by atoms with E-state index < -0.39 is 23.3 Å². The molecule has 5 nitrogen and oxygen atoms in total. The van der Waals surface area contributed by atoms with Crippen molar-refractivity contribution in [2.24, 2.45) is 5.73 Å². The summed E-state index contributed by atoms with van der Waals surface area (Å²) in [6.07, 6.45) is -4.17. The number of alkyl halides is 3. The molecule has 2 rings (SSSR count). The number of carbonyl (C=O) groups is 1. The van der Waals surface area contributed by atoms with Gasteiger partial charge in [0, 0.05) is 0 Å². The van der Waals surface area contributed by atoms with E-state index in [1.54, 1.807) is 0 Å². The van der Waals surface area contributed by atoms with E-state index in [4.69, 9.17) is 28.9 Å². The van der Waals surface area contributed by atoms with Crippen LogP contribution in [0.5, 0.6) is 0 Å². The van der Waals surface area contributed by atoms with Crippen molar-refractivity contribution in [1.29, 1.82) is 0 Å². The maximum atomic E-state index is 13.0. The van der Waals surface area contributed by atoms with E-state index in [-0.39, 0.29) is 16.0 Å². The molecule has 0 aliphatic rings. The Morgan fingerprint density at radius 1 is 1.30 bits per heavy atom. The summed E-state index contributed by atoms with van der Waals surface area (Å²) in [5.41, 5.74) is 2.76. The van der Waals surface area contributed by atoms with Gasteiger partial charge in [-0.1, -0.05) is 23.2 Å². The fourth-order valence-corrected chi connectivity index (χ4v) is 1.85. The highest BCUT2D eigenvalue weighted by Crippen LogP contribution is 2.34. The molecule has 0 saturated heterocycles. The van der Waals surface area contributed by atoms with Crippen LogP contribution in [-0.4, -0.2) is 20.7 Å². The second kappa shape index (κ2) is 4.95. The number of aromatic nitrogens is 3. The fraction of sp³-hybridized carbons (Fsp3) is 0.100. The van der Waals surface area contributed by atoms with Crippen LogP contribution in [0.4, 0.5) is 13.2 Å². The molecule has 0 aromatic carbocycles. The Morgan fingerprint density at radius 2 is 1.95 bits per heavy atom. The van der Waals surface area contributed by atoms with Crippen LogP contribution in [0.1, 0.15) is 16.1 Å². The number of nitrogens with zero attached hydrogens (tertiary/aromatic N) is 3. The zero-order valence-electron chi connectivity index (χ0n) is 9.45. The molecule has 0 fully saturated rings. The van der Waals surface area contributed by atoms with Crippen molar-refractivity contribution in [3.05, 3.63) is 39.8 Å². The van der Waals surface area contributed by atoms with Gasteiger partial charge in [0.25, 0.3) is 5.91 Å². The number of nitrogens with two attached hydrogens (primary N) is 1. The van der Waals surface area contributed by atoms with Gasteiger partial charge in [0.2, 0.25) is 0 Å². The summed E-state index contributed by atoms with van der Waals surface area (Å²) in [5.74, 6) is -1.61. The molecule has 0 aliphatic heterocycles. The Labute approximate surface area is 120 Å². The third-order valence-corrected chi connectivity index (χ3v) is 2.80. The predicted octanol–water partition coefficient (Wildman–Crippen LogP) is 2.69. The molecule has 20 heavy (non-hydrogen) atoms. The van der Waals surface area contributed by atoms with Gasteiger partial charge in [0.15, 0.2) is 11.5 Å². The van der Waals surface area contributed by atoms with E-state index in [0.29, 0.717) is 10.9 Å². The largest absolute Gasteiger partial charge is 0.434 e. The minimum absolute atomic E-state index is 0.0753. The van der Waals surface area contributed by atoms with E-state index in [9.17, 15) is 18.0 Å². The number of pyridine rings is 1. The van der Waals surface area contributed by atoms with Gasteiger partial charge < -0.3 is 5.73 Å². The first-order valence-corrected chi connectivity index (χ1v) is 5.75. The number of carbonyl (C=O) groups excluding carboxylic acids is 1. The van der Waals surface area contributed by atoms with Crippen LogP contribution in [0.2, 0.25) is 10.2 Å². The van der Waals surface area contributed by atoms with Gasteiger partial charge in [0.05, 0.1) is 16.8 Å². The first-order chi connectivity index (χ1) is 9.21. The van der Waals surface area contributed by atoms with Crippen molar-refractivity contribution in [1.82, 2.24) is 14.8 Å².